The van der Waals surface area contributed by atoms with Crippen LogP contribution in [0.5, 0.6) is 0 Å². The van der Waals surface area contributed by atoms with Gasteiger partial charge in [-0.15, -0.1) is 11.3 Å². The van der Waals surface area contributed by atoms with Gasteiger partial charge in [0.1, 0.15) is 0 Å². The zero-order valence-electron chi connectivity index (χ0n) is 17.5. The number of para-hydroxylation sites is 1. The van der Waals surface area contributed by atoms with Crippen molar-refractivity contribution in [1.29, 1.82) is 0 Å². The number of nitrogens with zero attached hydrogens (tertiary/aromatic N) is 2. The molecule has 0 atom stereocenters. The first-order chi connectivity index (χ1) is 15.1. The molecule has 31 heavy (non-hydrogen) atoms. The zero-order chi connectivity index (χ0) is 20.8. The molecule has 0 spiro atoms. The van der Waals surface area contributed by atoms with E-state index in [1.807, 2.05) is 41.8 Å². The number of aromatic nitrogens is 2. The highest BCUT2D eigenvalue weighted by Crippen LogP contribution is 2.61. The van der Waals surface area contributed by atoms with Crippen molar-refractivity contribution < 1.29 is 9.32 Å². The number of benzene rings is 1. The van der Waals surface area contributed by atoms with Crippen molar-refractivity contribution in [2.45, 2.75) is 51.4 Å². The lowest BCUT2D eigenvalue weighted by Crippen LogP contribution is -2.47. The number of hydrogen-bond acceptors (Lipinski definition) is 5. The third kappa shape index (κ3) is 3.82. The zero-order valence-corrected chi connectivity index (χ0v) is 18.4. The molecule has 6 heteroatoms. The van der Waals surface area contributed by atoms with E-state index in [2.05, 4.69) is 15.5 Å². The van der Waals surface area contributed by atoms with Crippen molar-refractivity contribution in [3.8, 4) is 10.7 Å². The summed E-state index contributed by atoms with van der Waals surface area (Å²) in [6.45, 7) is 0. The molecule has 2 aromatic heterocycles. The Balaban J connectivity index is 1.15. The Morgan fingerprint density at radius 1 is 1.06 bits per heavy atom. The fourth-order valence-electron chi connectivity index (χ4n) is 6.83. The highest BCUT2D eigenvalue weighted by Gasteiger charge is 2.51. The molecule has 5 nitrogen and oxygen atoms in total. The smallest absolute Gasteiger partial charge is 0.231 e. The van der Waals surface area contributed by atoms with E-state index in [0.717, 1.165) is 33.9 Å². The average molecular weight is 434 g/mol. The molecule has 2 heterocycles. The van der Waals surface area contributed by atoms with Crippen LogP contribution >= 0.6 is 11.3 Å². The first-order valence-electron chi connectivity index (χ1n) is 11.4. The van der Waals surface area contributed by atoms with Crippen molar-refractivity contribution in [3.05, 3.63) is 53.2 Å². The first kappa shape index (κ1) is 19.2. The van der Waals surface area contributed by atoms with Crippen molar-refractivity contribution in [1.82, 2.24) is 10.1 Å². The fraction of sp³-hybridized carbons (Fsp3) is 0.480. The van der Waals surface area contributed by atoms with Gasteiger partial charge in [-0.1, -0.05) is 29.4 Å². The SMILES string of the molecule is O=C(CC12CC3CC(CC(C3)C1)C2)Nc1ccccc1Cc1nc(-c2cccs2)no1. The topological polar surface area (TPSA) is 68.0 Å². The molecule has 4 aliphatic carbocycles. The Hall–Kier alpha value is -2.47. The van der Waals surface area contributed by atoms with Crippen LogP contribution in [0.25, 0.3) is 10.7 Å². The summed E-state index contributed by atoms with van der Waals surface area (Å²) in [7, 11) is 0. The van der Waals surface area contributed by atoms with Crippen LogP contribution in [0.2, 0.25) is 0 Å². The molecule has 3 aromatic rings. The Morgan fingerprint density at radius 3 is 2.52 bits per heavy atom. The summed E-state index contributed by atoms with van der Waals surface area (Å²) in [5.74, 6) is 3.92. The van der Waals surface area contributed by atoms with Gasteiger partial charge < -0.3 is 9.84 Å². The fourth-order valence-corrected chi connectivity index (χ4v) is 7.48. The van der Waals surface area contributed by atoms with Gasteiger partial charge in [0, 0.05) is 12.1 Å². The first-order valence-corrected chi connectivity index (χ1v) is 12.3. The van der Waals surface area contributed by atoms with E-state index in [0.29, 0.717) is 24.6 Å². The second kappa shape index (κ2) is 7.59. The van der Waals surface area contributed by atoms with E-state index in [1.165, 1.54) is 38.5 Å². The average Bonchev–Trinajstić information content (AvgIpc) is 3.40. The molecule has 1 N–H and O–H groups in total. The van der Waals surface area contributed by atoms with Gasteiger partial charge in [0.05, 0.1) is 11.3 Å². The van der Waals surface area contributed by atoms with Crippen molar-refractivity contribution in [2.75, 3.05) is 5.32 Å². The largest absolute Gasteiger partial charge is 0.339 e. The minimum Gasteiger partial charge on any atom is -0.339 e. The summed E-state index contributed by atoms with van der Waals surface area (Å²) in [5, 5.41) is 9.32. The minimum absolute atomic E-state index is 0.152. The maximum absolute atomic E-state index is 13.1. The number of thiophene rings is 1. The Morgan fingerprint density at radius 2 is 1.81 bits per heavy atom. The van der Waals surface area contributed by atoms with Crippen LogP contribution < -0.4 is 5.32 Å². The number of anilines is 1. The lowest BCUT2D eigenvalue weighted by Gasteiger charge is -2.56. The number of rotatable bonds is 6. The van der Waals surface area contributed by atoms with Crippen LogP contribution in [-0.4, -0.2) is 16.0 Å². The third-order valence-corrected chi connectivity index (χ3v) is 8.41. The predicted octanol–water partition coefficient (Wildman–Crippen LogP) is 5.93. The molecule has 0 saturated heterocycles. The van der Waals surface area contributed by atoms with Crippen LogP contribution in [0.4, 0.5) is 5.69 Å². The molecule has 0 aliphatic heterocycles. The van der Waals surface area contributed by atoms with Gasteiger partial charge >= 0.3 is 0 Å². The second-order valence-corrected chi connectivity index (χ2v) is 10.9. The molecule has 4 bridgehead atoms. The number of amides is 1. The number of nitrogens with one attached hydrogen (secondary N) is 1. The summed E-state index contributed by atoms with van der Waals surface area (Å²) in [6.07, 6.45) is 9.13. The Kier molecular flexibility index (Phi) is 4.71. The van der Waals surface area contributed by atoms with Gasteiger partial charge in [-0.3, -0.25) is 4.79 Å². The second-order valence-electron chi connectivity index (χ2n) is 9.97. The van der Waals surface area contributed by atoms with E-state index < -0.39 is 0 Å². The lowest BCUT2D eigenvalue weighted by molar-refractivity contribution is -0.124. The molecule has 0 unspecified atom stereocenters. The molecule has 0 radical (unpaired) electrons. The number of hydrogen-bond donors (Lipinski definition) is 1. The molecule has 4 saturated carbocycles. The maximum atomic E-state index is 13.1. The van der Waals surface area contributed by atoms with Crippen molar-refractivity contribution in [2.24, 2.45) is 23.2 Å². The summed E-state index contributed by atoms with van der Waals surface area (Å²) in [6, 6.07) is 11.9. The molecule has 1 aromatic carbocycles. The van der Waals surface area contributed by atoms with Crippen molar-refractivity contribution >= 4 is 22.9 Å². The van der Waals surface area contributed by atoms with Gasteiger partial charge in [0.25, 0.3) is 0 Å². The van der Waals surface area contributed by atoms with Gasteiger partial charge in [-0.2, -0.15) is 4.98 Å². The predicted molar refractivity (Wildman–Crippen MR) is 121 cm³/mol. The van der Waals surface area contributed by atoms with Crippen LogP contribution in [0, 0.1) is 23.2 Å². The van der Waals surface area contributed by atoms with Crippen LogP contribution in [0.15, 0.2) is 46.3 Å². The van der Waals surface area contributed by atoms with Crippen molar-refractivity contribution in [3.63, 3.8) is 0 Å². The summed E-state index contributed by atoms with van der Waals surface area (Å²) < 4.78 is 5.48. The highest BCUT2D eigenvalue weighted by molar-refractivity contribution is 7.13. The normalized spacial score (nSPS) is 28.7. The molecule has 4 aliphatic rings. The number of carbonyl (C=O) groups is 1. The van der Waals surface area contributed by atoms with Crippen LogP contribution in [0.1, 0.15) is 56.4 Å². The van der Waals surface area contributed by atoms with Crippen LogP contribution in [0.3, 0.4) is 0 Å². The molecule has 1 amide bonds. The van der Waals surface area contributed by atoms with Gasteiger partial charge in [0.15, 0.2) is 0 Å². The summed E-state index contributed by atoms with van der Waals surface area (Å²) >= 11 is 1.59. The minimum atomic E-state index is 0.152. The molecule has 7 rings (SSSR count). The van der Waals surface area contributed by atoms with Gasteiger partial charge in [0.2, 0.25) is 17.6 Å². The third-order valence-electron chi connectivity index (χ3n) is 7.54. The van der Waals surface area contributed by atoms with Gasteiger partial charge in [-0.25, -0.2) is 0 Å². The molecule has 160 valence electrons. The van der Waals surface area contributed by atoms with Gasteiger partial charge in [-0.05, 0) is 84.8 Å². The molecular weight excluding hydrogens is 406 g/mol. The van der Waals surface area contributed by atoms with Crippen LogP contribution in [-0.2, 0) is 11.2 Å². The number of carbonyl (C=O) groups excluding carboxylic acids is 1. The quantitative estimate of drug-likeness (QED) is 0.523. The maximum Gasteiger partial charge on any atom is 0.231 e. The monoisotopic (exact) mass is 433 g/mol. The van der Waals surface area contributed by atoms with E-state index in [1.54, 1.807) is 11.3 Å². The summed E-state index contributed by atoms with van der Waals surface area (Å²) in [4.78, 5) is 18.6. The van der Waals surface area contributed by atoms with E-state index in [9.17, 15) is 4.79 Å². The van der Waals surface area contributed by atoms with E-state index in [4.69, 9.17) is 4.52 Å². The molecular formula is C25H27N3O2S. The summed E-state index contributed by atoms with van der Waals surface area (Å²) in [5.41, 5.74) is 2.10. The molecule has 4 fully saturated rings. The Labute approximate surface area is 186 Å². The standard InChI is InChI=1S/C25H27N3O2S/c29-22(15-25-12-16-8-17(13-25)10-18(9-16)14-25)26-20-5-2-1-4-19(20)11-23-27-24(28-30-23)21-6-3-7-31-21/h1-7,16-18H,8-15H2,(H,26,29). The van der Waals surface area contributed by atoms with E-state index in [-0.39, 0.29) is 11.3 Å². The Bertz CT molecular complexity index is 1050. The lowest BCUT2D eigenvalue weighted by atomic mass is 9.49. The van der Waals surface area contributed by atoms with E-state index >= 15 is 0 Å². The highest BCUT2D eigenvalue weighted by atomic mass is 32.1.